The first-order valence-corrected chi connectivity index (χ1v) is 8.87. The second kappa shape index (κ2) is 8.06. The summed E-state index contributed by atoms with van der Waals surface area (Å²) in [6, 6.07) is 17.9. The van der Waals surface area contributed by atoms with E-state index in [0.29, 0.717) is 28.2 Å². The summed E-state index contributed by atoms with van der Waals surface area (Å²) in [7, 11) is 1.55. The van der Waals surface area contributed by atoms with E-state index in [4.69, 9.17) is 18.6 Å². The van der Waals surface area contributed by atoms with Crippen molar-refractivity contribution in [1.82, 2.24) is 0 Å². The van der Waals surface area contributed by atoms with Gasteiger partial charge in [-0.25, -0.2) is 4.39 Å². The van der Waals surface area contributed by atoms with Gasteiger partial charge in [0.05, 0.1) is 12.5 Å². The molecule has 0 saturated carbocycles. The Hall–Kier alpha value is -3.80. The first-order valence-electron chi connectivity index (χ1n) is 8.87. The van der Waals surface area contributed by atoms with Crippen molar-refractivity contribution in [2.24, 2.45) is 0 Å². The molecular weight excluding hydrogens is 375 g/mol. The van der Waals surface area contributed by atoms with E-state index in [0.717, 1.165) is 5.56 Å². The molecule has 0 saturated heterocycles. The molecule has 6 heteroatoms. The Bertz CT molecular complexity index is 1200. The van der Waals surface area contributed by atoms with Gasteiger partial charge in [0.15, 0.2) is 0 Å². The minimum Gasteiger partial charge on any atom is -0.497 e. The molecule has 1 aromatic heterocycles. The number of benzene rings is 3. The average molecular weight is 392 g/mol. The van der Waals surface area contributed by atoms with Crippen molar-refractivity contribution >= 4 is 11.0 Å². The number of hydrogen-bond donors (Lipinski definition) is 0. The van der Waals surface area contributed by atoms with Gasteiger partial charge in [0.1, 0.15) is 41.5 Å². The molecule has 146 valence electrons. The van der Waals surface area contributed by atoms with Crippen LogP contribution in [-0.2, 0) is 6.61 Å². The zero-order valence-corrected chi connectivity index (χ0v) is 15.6. The maximum atomic E-state index is 13.0. The van der Waals surface area contributed by atoms with Crippen LogP contribution in [0.3, 0.4) is 0 Å². The fourth-order valence-corrected chi connectivity index (χ4v) is 2.79. The number of hydrogen-bond acceptors (Lipinski definition) is 5. The fourth-order valence-electron chi connectivity index (χ4n) is 2.79. The van der Waals surface area contributed by atoms with E-state index in [1.165, 1.54) is 18.4 Å². The van der Waals surface area contributed by atoms with E-state index >= 15 is 0 Å². The second-order valence-electron chi connectivity index (χ2n) is 6.28. The first kappa shape index (κ1) is 18.6. The van der Waals surface area contributed by atoms with Gasteiger partial charge >= 0.3 is 0 Å². The third-order valence-electron chi connectivity index (χ3n) is 4.30. The van der Waals surface area contributed by atoms with Gasteiger partial charge in [-0.3, -0.25) is 4.79 Å². The molecule has 0 aliphatic heterocycles. The molecule has 4 aromatic rings. The predicted molar refractivity (Wildman–Crippen MR) is 106 cm³/mol. The Morgan fingerprint density at radius 1 is 0.931 bits per heavy atom. The standard InChI is InChI=1S/C23H17FO5/c1-26-17-3-2-4-19(11-17)29-22-14-28-21-12-18(9-10-20(21)23(22)25)27-13-15-5-7-16(24)8-6-15/h2-12,14H,13H2,1H3. The second-order valence-corrected chi connectivity index (χ2v) is 6.28. The molecule has 0 unspecified atom stereocenters. The van der Waals surface area contributed by atoms with E-state index < -0.39 is 0 Å². The largest absolute Gasteiger partial charge is 0.497 e. The molecule has 0 spiro atoms. The van der Waals surface area contributed by atoms with Crippen molar-refractivity contribution in [2.45, 2.75) is 6.61 Å². The van der Waals surface area contributed by atoms with Crippen molar-refractivity contribution in [3.05, 3.63) is 94.6 Å². The molecule has 0 N–H and O–H groups in total. The van der Waals surface area contributed by atoms with Crippen LogP contribution in [0, 0.1) is 5.82 Å². The van der Waals surface area contributed by atoms with Crippen LogP contribution in [-0.4, -0.2) is 7.11 Å². The summed E-state index contributed by atoms with van der Waals surface area (Å²) in [6.07, 6.45) is 1.27. The highest BCUT2D eigenvalue weighted by Crippen LogP contribution is 2.26. The van der Waals surface area contributed by atoms with Crippen LogP contribution < -0.4 is 19.6 Å². The minimum atomic E-state index is -0.298. The summed E-state index contributed by atoms with van der Waals surface area (Å²) in [5, 5.41) is 0.375. The molecule has 0 aliphatic rings. The molecule has 0 aliphatic carbocycles. The number of rotatable bonds is 6. The molecule has 0 bridgehead atoms. The number of fused-ring (bicyclic) bond motifs is 1. The third kappa shape index (κ3) is 4.21. The molecule has 3 aromatic carbocycles. The summed E-state index contributed by atoms with van der Waals surface area (Å²) < 4.78 is 35.1. The van der Waals surface area contributed by atoms with Crippen LogP contribution in [0.4, 0.5) is 4.39 Å². The highest BCUT2D eigenvalue weighted by Gasteiger charge is 2.11. The maximum Gasteiger partial charge on any atom is 0.235 e. The Balaban J connectivity index is 1.54. The number of halogens is 1. The van der Waals surface area contributed by atoms with Crippen LogP contribution in [0.25, 0.3) is 11.0 Å². The Labute approximate surface area is 165 Å². The summed E-state index contributed by atoms with van der Waals surface area (Å²) in [5.74, 6) is 1.40. The van der Waals surface area contributed by atoms with Crippen LogP contribution in [0.2, 0.25) is 0 Å². The summed E-state index contributed by atoms with van der Waals surface area (Å²) in [5.41, 5.74) is 0.915. The average Bonchev–Trinajstić information content (AvgIpc) is 2.75. The number of ether oxygens (including phenoxy) is 3. The van der Waals surface area contributed by atoms with E-state index in [-0.39, 0.29) is 23.6 Å². The summed E-state index contributed by atoms with van der Waals surface area (Å²) in [4.78, 5) is 12.7. The van der Waals surface area contributed by atoms with E-state index in [9.17, 15) is 9.18 Å². The van der Waals surface area contributed by atoms with Crippen molar-refractivity contribution in [3.63, 3.8) is 0 Å². The van der Waals surface area contributed by atoms with Crippen LogP contribution in [0.15, 0.2) is 82.2 Å². The number of methoxy groups -OCH3 is 1. The molecule has 0 atom stereocenters. The SMILES string of the molecule is COc1cccc(Oc2coc3cc(OCc4ccc(F)cc4)ccc3c2=O)c1. The molecular formula is C23H17FO5. The van der Waals surface area contributed by atoms with Gasteiger partial charge in [0.2, 0.25) is 11.2 Å². The lowest BCUT2D eigenvalue weighted by atomic mass is 10.2. The first-order chi connectivity index (χ1) is 14.1. The van der Waals surface area contributed by atoms with E-state index in [1.54, 1.807) is 61.7 Å². The zero-order chi connectivity index (χ0) is 20.2. The Kier molecular flexibility index (Phi) is 5.16. The smallest absolute Gasteiger partial charge is 0.235 e. The highest BCUT2D eigenvalue weighted by molar-refractivity contribution is 5.79. The van der Waals surface area contributed by atoms with Gasteiger partial charge in [-0.1, -0.05) is 18.2 Å². The quantitative estimate of drug-likeness (QED) is 0.445. The van der Waals surface area contributed by atoms with Crippen molar-refractivity contribution in [3.8, 4) is 23.0 Å². The Morgan fingerprint density at radius 2 is 1.72 bits per heavy atom. The molecule has 5 nitrogen and oxygen atoms in total. The van der Waals surface area contributed by atoms with E-state index in [1.807, 2.05) is 0 Å². The van der Waals surface area contributed by atoms with Crippen LogP contribution in [0.1, 0.15) is 5.56 Å². The lowest BCUT2D eigenvalue weighted by Gasteiger charge is -2.09. The minimum absolute atomic E-state index is 0.0748. The third-order valence-corrected chi connectivity index (χ3v) is 4.30. The van der Waals surface area contributed by atoms with E-state index in [2.05, 4.69) is 0 Å². The maximum absolute atomic E-state index is 13.0. The van der Waals surface area contributed by atoms with Crippen LogP contribution in [0.5, 0.6) is 23.0 Å². The normalized spacial score (nSPS) is 10.7. The van der Waals surface area contributed by atoms with Gasteiger partial charge < -0.3 is 18.6 Å². The molecule has 0 amide bonds. The molecule has 4 rings (SSSR count). The summed E-state index contributed by atoms with van der Waals surface area (Å²) >= 11 is 0. The van der Waals surface area contributed by atoms with Crippen molar-refractivity contribution in [1.29, 1.82) is 0 Å². The molecule has 29 heavy (non-hydrogen) atoms. The summed E-state index contributed by atoms with van der Waals surface area (Å²) in [6.45, 7) is 0.271. The molecule has 0 fully saturated rings. The predicted octanol–water partition coefficient (Wildman–Crippen LogP) is 5.31. The lowest BCUT2D eigenvalue weighted by molar-refractivity contribution is 0.306. The van der Waals surface area contributed by atoms with Gasteiger partial charge in [-0.05, 0) is 42.0 Å². The topological polar surface area (TPSA) is 57.9 Å². The van der Waals surface area contributed by atoms with Crippen LogP contribution >= 0.6 is 0 Å². The van der Waals surface area contributed by atoms with Gasteiger partial charge in [0, 0.05) is 12.1 Å². The Morgan fingerprint density at radius 3 is 2.52 bits per heavy atom. The molecule has 0 radical (unpaired) electrons. The van der Waals surface area contributed by atoms with Gasteiger partial charge in [0.25, 0.3) is 0 Å². The fraction of sp³-hybridized carbons (Fsp3) is 0.0870. The molecule has 1 heterocycles. The van der Waals surface area contributed by atoms with Gasteiger partial charge in [-0.2, -0.15) is 0 Å². The van der Waals surface area contributed by atoms with Crippen molar-refractivity contribution in [2.75, 3.05) is 7.11 Å². The lowest BCUT2D eigenvalue weighted by Crippen LogP contribution is -2.05. The van der Waals surface area contributed by atoms with Crippen molar-refractivity contribution < 1.29 is 23.0 Å². The van der Waals surface area contributed by atoms with Gasteiger partial charge in [-0.15, -0.1) is 0 Å². The monoisotopic (exact) mass is 392 g/mol. The zero-order valence-electron chi connectivity index (χ0n) is 15.6. The highest BCUT2D eigenvalue weighted by atomic mass is 19.1.